The van der Waals surface area contributed by atoms with E-state index in [1.807, 2.05) is 0 Å². The largest absolute Gasteiger partial charge is 0.466 e. The minimum atomic E-state index is -0.185. The first kappa shape index (κ1) is 17.2. The second-order valence-electron chi connectivity index (χ2n) is 5.32. The van der Waals surface area contributed by atoms with Gasteiger partial charge in [-0.3, -0.25) is 4.79 Å². The minimum absolute atomic E-state index is 0.185. The van der Waals surface area contributed by atoms with Crippen LogP contribution in [0.2, 0.25) is 0 Å². The predicted molar refractivity (Wildman–Crippen MR) is 77.5 cm³/mol. The van der Waals surface area contributed by atoms with Crippen LogP contribution in [0.5, 0.6) is 0 Å². The molecule has 0 rings (SSSR count). The first-order valence-electron chi connectivity index (χ1n) is 7.38. The summed E-state index contributed by atoms with van der Waals surface area (Å²) in [6.45, 7) is 8.68. The molecule has 0 aliphatic rings. The summed E-state index contributed by atoms with van der Waals surface area (Å²) in [6.07, 6.45) is 12.1. The molecule has 18 heavy (non-hydrogen) atoms. The quantitative estimate of drug-likeness (QED) is 0.320. The zero-order chi connectivity index (χ0) is 13.8. The van der Waals surface area contributed by atoms with Crippen molar-refractivity contribution < 1.29 is 9.53 Å². The summed E-state index contributed by atoms with van der Waals surface area (Å²) in [4.78, 5) is 10.6. The fraction of sp³-hybridized carbons (Fsp3) is 0.812. The number of hydrogen-bond acceptors (Lipinski definition) is 2. The maximum Gasteiger partial charge on any atom is 0.302 e. The Morgan fingerprint density at radius 2 is 1.67 bits per heavy atom. The van der Waals surface area contributed by atoms with E-state index in [1.54, 1.807) is 0 Å². The molecule has 0 heterocycles. The normalized spacial score (nSPS) is 14.7. The van der Waals surface area contributed by atoms with Crippen LogP contribution in [0, 0.1) is 11.8 Å². The Hall–Kier alpha value is -0.790. The van der Waals surface area contributed by atoms with Crippen molar-refractivity contribution in [1.82, 2.24) is 0 Å². The molecule has 0 bridgehead atoms. The lowest BCUT2D eigenvalue weighted by molar-refractivity contribution is -0.141. The van der Waals surface area contributed by atoms with E-state index >= 15 is 0 Å². The molecule has 0 aromatic rings. The zero-order valence-electron chi connectivity index (χ0n) is 12.6. The number of carbonyl (C=O) groups is 1. The SMILES string of the molecule is CCCCCCC(C)C=CC(C)CCOC(C)=O. The van der Waals surface area contributed by atoms with Crippen LogP contribution < -0.4 is 0 Å². The summed E-state index contributed by atoms with van der Waals surface area (Å²) < 4.78 is 4.94. The molecule has 0 aliphatic carbocycles. The number of ether oxygens (including phenoxy) is 1. The molecule has 0 saturated carbocycles. The monoisotopic (exact) mass is 254 g/mol. The predicted octanol–water partition coefficient (Wildman–Crippen LogP) is 4.74. The first-order valence-corrected chi connectivity index (χ1v) is 7.38. The van der Waals surface area contributed by atoms with Gasteiger partial charge in [0.1, 0.15) is 0 Å². The molecule has 2 atom stereocenters. The Labute approximate surface area is 113 Å². The first-order chi connectivity index (χ1) is 8.56. The third kappa shape index (κ3) is 11.7. The molecule has 0 radical (unpaired) electrons. The number of rotatable bonds is 10. The van der Waals surface area contributed by atoms with Crippen molar-refractivity contribution in [2.75, 3.05) is 6.61 Å². The van der Waals surface area contributed by atoms with Crippen molar-refractivity contribution >= 4 is 5.97 Å². The molecule has 2 unspecified atom stereocenters. The number of hydrogen-bond donors (Lipinski definition) is 0. The fourth-order valence-electron chi connectivity index (χ4n) is 1.85. The highest BCUT2D eigenvalue weighted by Crippen LogP contribution is 2.13. The average molecular weight is 254 g/mol. The van der Waals surface area contributed by atoms with Gasteiger partial charge in [-0.2, -0.15) is 0 Å². The maximum atomic E-state index is 10.6. The molecule has 0 fully saturated rings. The standard InChI is InChI=1S/C16H30O2/c1-5-6-7-8-9-14(2)10-11-15(3)12-13-18-16(4)17/h10-11,14-15H,5-9,12-13H2,1-4H3. The van der Waals surface area contributed by atoms with Gasteiger partial charge < -0.3 is 4.74 Å². The summed E-state index contributed by atoms with van der Waals surface area (Å²) in [5, 5.41) is 0. The van der Waals surface area contributed by atoms with E-state index in [1.165, 1.54) is 39.0 Å². The van der Waals surface area contributed by atoms with Crippen LogP contribution in [-0.2, 0) is 9.53 Å². The lowest BCUT2D eigenvalue weighted by Gasteiger charge is -2.09. The van der Waals surface area contributed by atoms with Gasteiger partial charge in [0.15, 0.2) is 0 Å². The van der Waals surface area contributed by atoms with Gasteiger partial charge in [-0.05, 0) is 24.7 Å². The Balaban J connectivity index is 3.60. The molecule has 0 N–H and O–H groups in total. The Morgan fingerprint density at radius 3 is 2.22 bits per heavy atom. The Kier molecular flexibility index (Phi) is 10.8. The number of allylic oxidation sites excluding steroid dienone is 2. The highest BCUT2D eigenvalue weighted by molar-refractivity contribution is 5.65. The number of esters is 1. The number of unbranched alkanes of at least 4 members (excludes halogenated alkanes) is 3. The molecule has 0 aromatic carbocycles. The van der Waals surface area contributed by atoms with Crippen LogP contribution in [0.1, 0.15) is 66.2 Å². The van der Waals surface area contributed by atoms with Crippen molar-refractivity contribution in [3.05, 3.63) is 12.2 Å². The summed E-state index contributed by atoms with van der Waals surface area (Å²) in [5.74, 6) is 0.968. The summed E-state index contributed by atoms with van der Waals surface area (Å²) in [6, 6.07) is 0. The Morgan fingerprint density at radius 1 is 1.06 bits per heavy atom. The van der Waals surface area contributed by atoms with E-state index in [4.69, 9.17) is 4.74 Å². The molecule has 106 valence electrons. The minimum Gasteiger partial charge on any atom is -0.466 e. The average Bonchev–Trinajstić information content (AvgIpc) is 2.31. The van der Waals surface area contributed by atoms with Gasteiger partial charge in [0.05, 0.1) is 6.61 Å². The Bertz CT molecular complexity index is 233. The number of carbonyl (C=O) groups excluding carboxylic acids is 1. The molecule has 0 aromatic heterocycles. The zero-order valence-corrected chi connectivity index (χ0v) is 12.6. The third-order valence-electron chi connectivity index (χ3n) is 3.16. The second kappa shape index (κ2) is 11.3. The van der Waals surface area contributed by atoms with E-state index in [0.29, 0.717) is 18.4 Å². The molecular formula is C16H30O2. The fourth-order valence-corrected chi connectivity index (χ4v) is 1.85. The summed E-state index contributed by atoms with van der Waals surface area (Å²) in [5.41, 5.74) is 0. The lowest BCUT2D eigenvalue weighted by atomic mass is 9.99. The molecule has 0 amide bonds. The molecule has 0 spiro atoms. The van der Waals surface area contributed by atoms with Gasteiger partial charge in [-0.25, -0.2) is 0 Å². The summed E-state index contributed by atoms with van der Waals surface area (Å²) in [7, 11) is 0. The van der Waals surface area contributed by atoms with E-state index in [2.05, 4.69) is 32.9 Å². The van der Waals surface area contributed by atoms with Gasteiger partial charge >= 0.3 is 5.97 Å². The molecule has 2 heteroatoms. The van der Waals surface area contributed by atoms with E-state index < -0.39 is 0 Å². The van der Waals surface area contributed by atoms with Crippen molar-refractivity contribution in [1.29, 1.82) is 0 Å². The van der Waals surface area contributed by atoms with Gasteiger partial charge in [0, 0.05) is 6.92 Å². The van der Waals surface area contributed by atoms with Crippen LogP contribution in [0.3, 0.4) is 0 Å². The van der Waals surface area contributed by atoms with Crippen molar-refractivity contribution in [3.63, 3.8) is 0 Å². The van der Waals surface area contributed by atoms with Crippen LogP contribution >= 0.6 is 0 Å². The second-order valence-corrected chi connectivity index (χ2v) is 5.32. The van der Waals surface area contributed by atoms with Gasteiger partial charge in [0.2, 0.25) is 0 Å². The van der Waals surface area contributed by atoms with Crippen LogP contribution in [0.4, 0.5) is 0 Å². The summed E-state index contributed by atoms with van der Waals surface area (Å²) >= 11 is 0. The van der Waals surface area contributed by atoms with Crippen molar-refractivity contribution in [2.24, 2.45) is 11.8 Å². The van der Waals surface area contributed by atoms with E-state index in [9.17, 15) is 4.79 Å². The van der Waals surface area contributed by atoms with E-state index in [-0.39, 0.29) is 5.97 Å². The smallest absolute Gasteiger partial charge is 0.302 e. The van der Waals surface area contributed by atoms with Crippen molar-refractivity contribution in [2.45, 2.75) is 66.2 Å². The lowest BCUT2D eigenvalue weighted by Crippen LogP contribution is -2.04. The molecular weight excluding hydrogens is 224 g/mol. The molecule has 0 saturated heterocycles. The van der Waals surface area contributed by atoms with E-state index in [0.717, 1.165) is 6.42 Å². The van der Waals surface area contributed by atoms with Crippen LogP contribution in [0.25, 0.3) is 0 Å². The van der Waals surface area contributed by atoms with Gasteiger partial charge in [-0.15, -0.1) is 0 Å². The molecule has 0 aliphatic heterocycles. The maximum absolute atomic E-state index is 10.6. The van der Waals surface area contributed by atoms with Crippen LogP contribution in [0.15, 0.2) is 12.2 Å². The molecule has 2 nitrogen and oxygen atoms in total. The van der Waals surface area contributed by atoms with Crippen LogP contribution in [-0.4, -0.2) is 12.6 Å². The third-order valence-corrected chi connectivity index (χ3v) is 3.16. The highest BCUT2D eigenvalue weighted by atomic mass is 16.5. The van der Waals surface area contributed by atoms with Crippen molar-refractivity contribution in [3.8, 4) is 0 Å². The van der Waals surface area contributed by atoms with Gasteiger partial charge in [0.25, 0.3) is 0 Å². The van der Waals surface area contributed by atoms with Gasteiger partial charge in [-0.1, -0.05) is 58.6 Å². The highest BCUT2D eigenvalue weighted by Gasteiger charge is 2.01. The topological polar surface area (TPSA) is 26.3 Å².